The van der Waals surface area contributed by atoms with Gasteiger partial charge in [0, 0.05) is 30.5 Å². The van der Waals surface area contributed by atoms with E-state index in [1.165, 1.54) is 24.3 Å². The summed E-state index contributed by atoms with van der Waals surface area (Å²) in [4.78, 5) is 24.6. The molecule has 0 amide bonds. The van der Waals surface area contributed by atoms with Crippen molar-refractivity contribution in [2.75, 3.05) is 13.7 Å². The molecule has 4 aromatic rings. The molecular formula is C27H25NO7S. The molecule has 0 spiro atoms. The zero-order chi connectivity index (χ0) is 25.7. The molecular weight excluding hydrogens is 482 g/mol. The number of ether oxygens (including phenoxy) is 2. The van der Waals surface area contributed by atoms with Gasteiger partial charge in [0.1, 0.15) is 17.1 Å². The van der Waals surface area contributed by atoms with E-state index in [-0.39, 0.29) is 35.6 Å². The number of methoxy groups -OCH3 is 1. The maximum absolute atomic E-state index is 12.3. The molecule has 1 aromatic heterocycles. The number of benzene rings is 3. The van der Waals surface area contributed by atoms with E-state index in [0.29, 0.717) is 16.7 Å². The van der Waals surface area contributed by atoms with Gasteiger partial charge in [0.25, 0.3) is 0 Å². The van der Waals surface area contributed by atoms with E-state index >= 15 is 0 Å². The predicted octanol–water partition coefficient (Wildman–Crippen LogP) is 4.44. The molecule has 0 bridgehead atoms. The second-order valence-electron chi connectivity index (χ2n) is 8.15. The minimum Gasteiger partial charge on any atom is -0.497 e. The topological polar surface area (TPSA) is 112 Å². The van der Waals surface area contributed by atoms with Gasteiger partial charge in [0.05, 0.1) is 12.0 Å². The Morgan fingerprint density at radius 3 is 2.33 bits per heavy atom. The molecule has 186 valence electrons. The van der Waals surface area contributed by atoms with Crippen LogP contribution in [0, 0.1) is 6.92 Å². The second kappa shape index (κ2) is 10.8. The lowest BCUT2D eigenvalue weighted by Crippen LogP contribution is -2.25. The fraction of sp³-hybridized carbons (Fsp3) is 0.185. The lowest BCUT2D eigenvalue weighted by atomic mass is 10.0. The first-order valence-electron chi connectivity index (χ1n) is 11.2. The third-order valence-electron chi connectivity index (χ3n) is 5.53. The Hall–Kier alpha value is -3.95. The van der Waals surface area contributed by atoms with E-state index in [1.807, 2.05) is 19.1 Å². The molecule has 0 unspecified atom stereocenters. The van der Waals surface area contributed by atoms with E-state index in [1.54, 1.807) is 43.5 Å². The first-order chi connectivity index (χ1) is 17.2. The summed E-state index contributed by atoms with van der Waals surface area (Å²) in [6.07, 6.45) is 0.262. The third kappa shape index (κ3) is 5.99. The van der Waals surface area contributed by atoms with E-state index in [4.69, 9.17) is 13.9 Å². The first-order valence-corrected chi connectivity index (χ1v) is 12.7. The van der Waals surface area contributed by atoms with Crippen molar-refractivity contribution >= 4 is 27.0 Å². The molecule has 0 fully saturated rings. The summed E-state index contributed by atoms with van der Waals surface area (Å²) in [6.45, 7) is 1.96. The number of hydrogen-bond acceptors (Lipinski definition) is 7. The molecule has 0 aliphatic heterocycles. The third-order valence-corrected chi connectivity index (χ3v) is 7.01. The number of nitrogens with one attached hydrogen (secondary N) is 1. The van der Waals surface area contributed by atoms with Crippen LogP contribution >= 0.6 is 0 Å². The van der Waals surface area contributed by atoms with Gasteiger partial charge < -0.3 is 13.9 Å². The quantitative estimate of drug-likeness (QED) is 0.154. The van der Waals surface area contributed by atoms with Crippen LogP contribution in [0.4, 0.5) is 0 Å². The highest BCUT2D eigenvalue weighted by Gasteiger charge is 2.14. The SMILES string of the molecule is COc1ccc(-c2cc(=O)oc3cc(OC(=O)CCCNS(=O)(=O)c4ccc(C)cc4)ccc23)cc1. The van der Waals surface area contributed by atoms with Crippen LogP contribution in [0.15, 0.2) is 86.9 Å². The number of esters is 1. The van der Waals surface area contributed by atoms with Crippen molar-refractivity contribution in [1.29, 1.82) is 0 Å². The molecule has 36 heavy (non-hydrogen) atoms. The Morgan fingerprint density at radius 1 is 0.944 bits per heavy atom. The van der Waals surface area contributed by atoms with E-state index < -0.39 is 21.6 Å². The van der Waals surface area contributed by atoms with Gasteiger partial charge in [-0.3, -0.25) is 4.79 Å². The number of aryl methyl sites for hydroxylation is 1. The maximum atomic E-state index is 12.3. The summed E-state index contributed by atoms with van der Waals surface area (Å²) in [7, 11) is -2.07. The Morgan fingerprint density at radius 2 is 1.64 bits per heavy atom. The number of sulfonamides is 1. The summed E-state index contributed by atoms with van der Waals surface area (Å²) >= 11 is 0. The van der Waals surface area contributed by atoms with Crippen molar-refractivity contribution < 1.29 is 27.1 Å². The van der Waals surface area contributed by atoms with Gasteiger partial charge in [0.15, 0.2) is 0 Å². The van der Waals surface area contributed by atoms with Gasteiger partial charge in [-0.2, -0.15) is 0 Å². The number of hydrogen-bond donors (Lipinski definition) is 1. The molecule has 0 radical (unpaired) electrons. The lowest BCUT2D eigenvalue weighted by Gasteiger charge is -2.09. The average Bonchev–Trinajstić information content (AvgIpc) is 2.86. The highest BCUT2D eigenvalue weighted by atomic mass is 32.2. The molecule has 8 nitrogen and oxygen atoms in total. The lowest BCUT2D eigenvalue weighted by molar-refractivity contribution is -0.134. The highest BCUT2D eigenvalue weighted by molar-refractivity contribution is 7.89. The fourth-order valence-corrected chi connectivity index (χ4v) is 4.71. The molecule has 0 saturated heterocycles. The van der Waals surface area contributed by atoms with Gasteiger partial charge in [-0.05, 0) is 60.9 Å². The molecule has 0 aliphatic carbocycles. The molecule has 3 aromatic carbocycles. The van der Waals surface area contributed by atoms with Gasteiger partial charge in [-0.1, -0.05) is 29.8 Å². The van der Waals surface area contributed by atoms with Crippen molar-refractivity contribution in [2.45, 2.75) is 24.7 Å². The number of carbonyl (C=O) groups is 1. The average molecular weight is 508 g/mol. The van der Waals surface area contributed by atoms with Crippen LogP contribution in [0.25, 0.3) is 22.1 Å². The molecule has 1 N–H and O–H groups in total. The van der Waals surface area contributed by atoms with E-state index in [9.17, 15) is 18.0 Å². The Kier molecular flexibility index (Phi) is 7.52. The Labute approximate surface area is 208 Å². The molecule has 0 saturated carbocycles. The van der Waals surface area contributed by atoms with Crippen LogP contribution in [0.5, 0.6) is 11.5 Å². The molecule has 0 atom stereocenters. The van der Waals surface area contributed by atoms with Crippen LogP contribution in [0.3, 0.4) is 0 Å². The van der Waals surface area contributed by atoms with Crippen molar-refractivity contribution in [2.24, 2.45) is 0 Å². The number of rotatable bonds is 9. The van der Waals surface area contributed by atoms with E-state index in [2.05, 4.69) is 4.72 Å². The summed E-state index contributed by atoms with van der Waals surface area (Å²) in [5, 5.41) is 0.685. The molecule has 0 aliphatic rings. The van der Waals surface area contributed by atoms with Gasteiger partial charge in [-0.25, -0.2) is 17.9 Å². The van der Waals surface area contributed by atoms with Crippen molar-refractivity contribution in [1.82, 2.24) is 4.72 Å². The van der Waals surface area contributed by atoms with Crippen molar-refractivity contribution in [3.8, 4) is 22.6 Å². The highest BCUT2D eigenvalue weighted by Crippen LogP contribution is 2.30. The summed E-state index contributed by atoms with van der Waals surface area (Å²) < 4.78 is 43.0. The largest absolute Gasteiger partial charge is 0.497 e. The Bertz CT molecular complexity index is 1540. The van der Waals surface area contributed by atoms with Crippen molar-refractivity contribution in [3.05, 3.63) is 88.8 Å². The van der Waals surface area contributed by atoms with Gasteiger partial charge in [0.2, 0.25) is 10.0 Å². The monoisotopic (exact) mass is 507 g/mol. The first kappa shape index (κ1) is 25.2. The molecule has 9 heteroatoms. The van der Waals surface area contributed by atoms with Crippen LogP contribution in [-0.2, 0) is 14.8 Å². The van der Waals surface area contributed by atoms with E-state index in [0.717, 1.165) is 11.1 Å². The Balaban J connectivity index is 1.39. The zero-order valence-electron chi connectivity index (χ0n) is 19.8. The number of fused-ring (bicyclic) bond motifs is 1. The minimum atomic E-state index is -3.64. The summed E-state index contributed by atoms with van der Waals surface area (Å²) in [5.74, 6) is 0.392. The molecule has 1 heterocycles. The maximum Gasteiger partial charge on any atom is 0.336 e. The second-order valence-corrected chi connectivity index (χ2v) is 9.92. The normalized spacial score (nSPS) is 11.4. The zero-order valence-corrected chi connectivity index (χ0v) is 20.6. The molecule has 4 rings (SSSR count). The van der Waals surface area contributed by atoms with Crippen LogP contribution < -0.4 is 19.8 Å². The van der Waals surface area contributed by atoms with Gasteiger partial charge in [-0.15, -0.1) is 0 Å². The van der Waals surface area contributed by atoms with Crippen LogP contribution in [-0.4, -0.2) is 28.0 Å². The fourth-order valence-electron chi connectivity index (χ4n) is 3.64. The van der Waals surface area contributed by atoms with Crippen LogP contribution in [0.2, 0.25) is 0 Å². The van der Waals surface area contributed by atoms with Crippen molar-refractivity contribution in [3.63, 3.8) is 0 Å². The predicted molar refractivity (Wildman–Crippen MR) is 136 cm³/mol. The number of carbonyl (C=O) groups excluding carboxylic acids is 1. The standard InChI is InChI=1S/C27H25NO7S/c1-18-5-12-22(13-6-18)36(31,32)28-15-3-4-26(29)34-21-11-14-23-24(17-27(30)35-25(23)16-21)19-7-9-20(33-2)10-8-19/h5-14,16-17,28H,3-4,15H2,1-2H3. The summed E-state index contributed by atoms with van der Waals surface area (Å²) in [6, 6.07) is 20.0. The van der Waals surface area contributed by atoms with Crippen LogP contribution in [0.1, 0.15) is 18.4 Å². The minimum absolute atomic E-state index is 0.00426. The summed E-state index contributed by atoms with van der Waals surface area (Å²) in [5.41, 5.74) is 2.21. The smallest absolute Gasteiger partial charge is 0.336 e. The van der Waals surface area contributed by atoms with Gasteiger partial charge >= 0.3 is 11.6 Å².